The van der Waals surface area contributed by atoms with E-state index in [1.54, 1.807) is 17.0 Å². The minimum atomic E-state index is -0.433. The van der Waals surface area contributed by atoms with Gasteiger partial charge < -0.3 is 4.57 Å². The Morgan fingerprint density at radius 2 is 2.21 bits per heavy atom. The summed E-state index contributed by atoms with van der Waals surface area (Å²) in [5, 5.41) is 7.70. The molecule has 0 unspecified atom stereocenters. The Balaban J connectivity index is 2.53. The van der Waals surface area contributed by atoms with Gasteiger partial charge in [-0.25, -0.2) is 4.39 Å². The molecule has 0 spiro atoms. The van der Waals surface area contributed by atoms with Crippen molar-refractivity contribution in [2.45, 2.75) is 0 Å². The lowest BCUT2D eigenvalue weighted by molar-refractivity contribution is 0.628. The summed E-state index contributed by atoms with van der Waals surface area (Å²) >= 11 is 5.65. The molecule has 2 rings (SSSR count). The number of benzene rings is 1. The number of halogens is 2. The first kappa shape index (κ1) is 9.15. The zero-order chi connectivity index (χ0) is 10.1. The standard InChI is InChI=1S/C9H7ClFN3/c1-14-5-12-13-9(14)6-2-3-8(11)7(10)4-6/h2-5H,1H3. The van der Waals surface area contributed by atoms with Crippen LogP contribution in [0.15, 0.2) is 24.5 Å². The van der Waals surface area contributed by atoms with Gasteiger partial charge in [-0.3, -0.25) is 0 Å². The van der Waals surface area contributed by atoms with Crippen LogP contribution in [0.4, 0.5) is 4.39 Å². The van der Waals surface area contributed by atoms with Gasteiger partial charge in [0.05, 0.1) is 5.02 Å². The maximum atomic E-state index is 12.9. The highest BCUT2D eigenvalue weighted by Gasteiger charge is 2.07. The fourth-order valence-corrected chi connectivity index (χ4v) is 1.36. The van der Waals surface area contributed by atoms with Crippen molar-refractivity contribution in [1.29, 1.82) is 0 Å². The third-order valence-electron chi connectivity index (χ3n) is 1.89. The maximum absolute atomic E-state index is 12.9. The van der Waals surface area contributed by atoms with Gasteiger partial charge in [0, 0.05) is 12.6 Å². The van der Waals surface area contributed by atoms with Crippen LogP contribution in [-0.2, 0) is 7.05 Å². The van der Waals surface area contributed by atoms with Crippen molar-refractivity contribution in [3.63, 3.8) is 0 Å². The number of rotatable bonds is 1. The van der Waals surface area contributed by atoms with E-state index in [4.69, 9.17) is 11.6 Å². The van der Waals surface area contributed by atoms with E-state index >= 15 is 0 Å². The molecule has 0 radical (unpaired) electrons. The molecule has 0 N–H and O–H groups in total. The first-order valence-electron chi connectivity index (χ1n) is 3.98. The topological polar surface area (TPSA) is 30.7 Å². The quantitative estimate of drug-likeness (QED) is 0.725. The summed E-state index contributed by atoms with van der Waals surface area (Å²) in [6.45, 7) is 0. The SMILES string of the molecule is Cn1cnnc1-c1ccc(F)c(Cl)c1. The van der Waals surface area contributed by atoms with Crippen LogP contribution >= 0.6 is 11.6 Å². The number of hydrogen-bond donors (Lipinski definition) is 0. The van der Waals surface area contributed by atoms with Gasteiger partial charge >= 0.3 is 0 Å². The summed E-state index contributed by atoms with van der Waals surface area (Å²) < 4.78 is 14.6. The molecule has 0 saturated carbocycles. The molecule has 0 bridgehead atoms. The van der Waals surface area contributed by atoms with Gasteiger partial charge in [-0.2, -0.15) is 0 Å². The van der Waals surface area contributed by atoms with Crippen molar-refractivity contribution in [3.8, 4) is 11.4 Å². The molecule has 0 saturated heterocycles. The van der Waals surface area contributed by atoms with Crippen LogP contribution in [0.25, 0.3) is 11.4 Å². The Kier molecular flexibility index (Phi) is 2.21. The lowest BCUT2D eigenvalue weighted by Crippen LogP contribution is -1.91. The Bertz CT molecular complexity index is 467. The Hall–Kier alpha value is -1.42. The fourth-order valence-electron chi connectivity index (χ4n) is 1.18. The molecule has 0 amide bonds. The van der Waals surface area contributed by atoms with Gasteiger partial charge in [0.15, 0.2) is 5.82 Å². The average molecular weight is 212 g/mol. The molecular formula is C9H7ClFN3. The summed E-state index contributed by atoms with van der Waals surface area (Å²) in [6, 6.07) is 4.46. The molecule has 5 heteroatoms. The van der Waals surface area contributed by atoms with Gasteiger partial charge in [-0.05, 0) is 18.2 Å². The molecule has 14 heavy (non-hydrogen) atoms. The molecule has 0 aliphatic carbocycles. The summed E-state index contributed by atoms with van der Waals surface area (Å²) in [7, 11) is 1.81. The third kappa shape index (κ3) is 1.48. The van der Waals surface area contributed by atoms with E-state index < -0.39 is 5.82 Å². The molecule has 72 valence electrons. The Labute approximate surface area is 85.1 Å². The van der Waals surface area contributed by atoms with Crippen molar-refractivity contribution in [2.24, 2.45) is 7.05 Å². The smallest absolute Gasteiger partial charge is 0.163 e. The maximum Gasteiger partial charge on any atom is 0.163 e. The molecule has 1 aromatic heterocycles. The largest absolute Gasteiger partial charge is 0.317 e. The van der Waals surface area contributed by atoms with Gasteiger partial charge in [0.25, 0.3) is 0 Å². The first-order chi connectivity index (χ1) is 6.68. The summed E-state index contributed by atoms with van der Waals surface area (Å²) in [6.07, 6.45) is 1.58. The predicted molar refractivity (Wildman–Crippen MR) is 51.4 cm³/mol. The van der Waals surface area contributed by atoms with Gasteiger partial charge in [-0.1, -0.05) is 11.6 Å². The monoisotopic (exact) mass is 211 g/mol. The van der Waals surface area contributed by atoms with Crippen molar-refractivity contribution in [1.82, 2.24) is 14.8 Å². The highest BCUT2D eigenvalue weighted by molar-refractivity contribution is 6.31. The molecule has 3 nitrogen and oxygen atoms in total. The molecule has 1 aromatic carbocycles. The van der Waals surface area contributed by atoms with Crippen molar-refractivity contribution < 1.29 is 4.39 Å². The third-order valence-corrected chi connectivity index (χ3v) is 2.18. The van der Waals surface area contributed by atoms with Gasteiger partial charge in [-0.15, -0.1) is 10.2 Å². The molecule has 2 aromatic rings. The summed E-state index contributed by atoms with van der Waals surface area (Å²) in [5.41, 5.74) is 0.747. The van der Waals surface area contributed by atoms with Crippen molar-refractivity contribution in [3.05, 3.63) is 35.4 Å². The van der Waals surface area contributed by atoms with Crippen LogP contribution < -0.4 is 0 Å². The van der Waals surface area contributed by atoms with E-state index in [1.807, 2.05) is 7.05 Å². The average Bonchev–Trinajstić information content (AvgIpc) is 2.57. The molecule has 0 fully saturated rings. The van der Waals surface area contributed by atoms with E-state index in [0.717, 1.165) is 5.56 Å². The van der Waals surface area contributed by atoms with Crippen LogP contribution in [0.2, 0.25) is 5.02 Å². The second-order valence-corrected chi connectivity index (χ2v) is 3.30. The number of aryl methyl sites for hydroxylation is 1. The minimum Gasteiger partial charge on any atom is -0.317 e. The Morgan fingerprint density at radius 3 is 2.79 bits per heavy atom. The zero-order valence-corrected chi connectivity index (χ0v) is 8.16. The van der Waals surface area contributed by atoms with Crippen molar-refractivity contribution in [2.75, 3.05) is 0 Å². The van der Waals surface area contributed by atoms with Crippen LogP contribution in [0.1, 0.15) is 0 Å². The second-order valence-electron chi connectivity index (χ2n) is 2.89. The van der Waals surface area contributed by atoms with E-state index in [1.165, 1.54) is 12.1 Å². The predicted octanol–water partition coefficient (Wildman–Crippen LogP) is 2.27. The van der Waals surface area contributed by atoms with Gasteiger partial charge in [0.2, 0.25) is 0 Å². The Morgan fingerprint density at radius 1 is 1.43 bits per heavy atom. The van der Waals surface area contributed by atoms with E-state index in [2.05, 4.69) is 10.2 Å². The zero-order valence-electron chi connectivity index (χ0n) is 7.41. The highest BCUT2D eigenvalue weighted by Crippen LogP contribution is 2.22. The van der Waals surface area contributed by atoms with Crippen molar-refractivity contribution >= 4 is 11.6 Å². The van der Waals surface area contributed by atoms with E-state index in [0.29, 0.717) is 5.82 Å². The summed E-state index contributed by atoms with van der Waals surface area (Å²) in [5.74, 6) is 0.226. The lowest BCUT2D eigenvalue weighted by Gasteiger charge is -2.01. The van der Waals surface area contributed by atoms with E-state index in [9.17, 15) is 4.39 Å². The number of nitrogens with zero attached hydrogens (tertiary/aromatic N) is 3. The van der Waals surface area contributed by atoms with Crippen LogP contribution in [0, 0.1) is 5.82 Å². The number of hydrogen-bond acceptors (Lipinski definition) is 2. The van der Waals surface area contributed by atoms with Crippen LogP contribution in [0.3, 0.4) is 0 Å². The first-order valence-corrected chi connectivity index (χ1v) is 4.35. The molecule has 0 atom stereocenters. The molecule has 0 aliphatic heterocycles. The molecular weight excluding hydrogens is 205 g/mol. The molecule has 0 aliphatic rings. The number of aromatic nitrogens is 3. The second kappa shape index (κ2) is 3.38. The van der Waals surface area contributed by atoms with Gasteiger partial charge in [0.1, 0.15) is 12.1 Å². The minimum absolute atomic E-state index is 0.0884. The fraction of sp³-hybridized carbons (Fsp3) is 0.111. The van der Waals surface area contributed by atoms with E-state index in [-0.39, 0.29) is 5.02 Å². The van der Waals surface area contributed by atoms with Crippen LogP contribution in [-0.4, -0.2) is 14.8 Å². The highest BCUT2D eigenvalue weighted by atomic mass is 35.5. The van der Waals surface area contributed by atoms with Crippen LogP contribution in [0.5, 0.6) is 0 Å². The lowest BCUT2D eigenvalue weighted by atomic mass is 10.2. The normalized spacial score (nSPS) is 10.5. The summed E-state index contributed by atoms with van der Waals surface area (Å²) in [4.78, 5) is 0. The molecule has 1 heterocycles.